The number of nitrogens with one attached hydrogen (secondary N) is 1. The third-order valence-corrected chi connectivity index (χ3v) is 5.34. The zero-order chi connectivity index (χ0) is 12.5. The molecule has 2 rings (SSSR count). The first-order valence-electron chi connectivity index (χ1n) is 5.33. The van der Waals surface area contributed by atoms with Gasteiger partial charge in [0.1, 0.15) is 4.21 Å². The number of ether oxygens (including phenoxy) is 2. The lowest BCUT2D eigenvalue weighted by atomic mass is 10.3. The molecular weight excluding hydrogens is 262 g/mol. The van der Waals surface area contributed by atoms with Gasteiger partial charge >= 0.3 is 0 Å². The monoisotopic (exact) mass is 277 g/mol. The Labute approximate surface area is 105 Å². The number of rotatable bonds is 4. The standard InChI is InChI=1S/C10H15NO4S2/c1-7(2)11-17(12,13)10-8(3-6-16-10)9-14-4-5-15-9/h3,6-7,9,11H,4-5H2,1-2H3. The van der Waals surface area contributed by atoms with E-state index in [0.29, 0.717) is 18.8 Å². The first-order chi connectivity index (χ1) is 8.00. The van der Waals surface area contributed by atoms with Gasteiger partial charge in [0.05, 0.1) is 13.2 Å². The third-order valence-electron chi connectivity index (χ3n) is 2.17. The predicted octanol–water partition coefficient (Wildman–Crippen LogP) is 1.48. The minimum absolute atomic E-state index is 0.139. The Morgan fingerprint density at radius 3 is 2.65 bits per heavy atom. The van der Waals surface area contributed by atoms with Crippen molar-refractivity contribution in [3.8, 4) is 0 Å². The van der Waals surface area contributed by atoms with Gasteiger partial charge in [0.15, 0.2) is 6.29 Å². The van der Waals surface area contributed by atoms with Gasteiger partial charge in [-0.1, -0.05) is 0 Å². The molecule has 1 saturated heterocycles. The summed E-state index contributed by atoms with van der Waals surface area (Å²) >= 11 is 1.17. The molecule has 0 amide bonds. The molecule has 1 N–H and O–H groups in total. The van der Waals surface area contributed by atoms with Crippen LogP contribution in [0.3, 0.4) is 0 Å². The molecule has 0 saturated carbocycles. The van der Waals surface area contributed by atoms with E-state index < -0.39 is 16.3 Å². The normalized spacial score (nSPS) is 18.1. The molecule has 2 heterocycles. The molecule has 0 unspecified atom stereocenters. The second-order valence-electron chi connectivity index (χ2n) is 4.01. The molecule has 96 valence electrons. The maximum Gasteiger partial charge on any atom is 0.250 e. The van der Waals surface area contributed by atoms with Gasteiger partial charge in [-0.05, 0) is 25.3 Å². The maximum absolute atomic E-state index is 12.1. The van der Waals surface area contributed by atoms with Crippen LogP contribution in [0.15, 0.2) is 15.7 Å². The van der Waals surface area contributed by atoms with Crippen LogP contribution in [-0.4, -0.2) is 27.7 Å². The van der Waals surface area contributed by atoms with Crippen molar-refractivity contribution in [3.63, 3.8) is 0 Å². The lowest BCUT2D eigenvalue weighted by Gasteiger charge is -2.12. The second-order valence-corrected chi connectivity index (χ2v) is 6.84. The molecular formula is C10H15NO4S2. The lowest BCUT2D eigenvalue weighted by molar-refractivity contribution is -0.0456. The zero-order valence-electron chi connectivity index (χ0n) is 9.67. The second kappa shape index (κ2) is 5.03. The van der Waals surface area contributed by atoms with Crippen LogP contribution >= 0.6 is 11.3 Å². The van der Waals surface area contributed by atoms with E-state index in [1.165, 1.54) is 11.3 Å². The van der Waals surface area contributed by atoms with Gasteiger partial charge < -0.3 is 9.47 Å². The van der Waals surface area contributed by atoms with Crippen LogP contribution in [0, 0.1) is 0 Å². The molecule has 17 heavy (non-hydrogen) atoms. The summed E-state index contributed by atoms with van der Waals surface area (Å²) in [4.78, 5) is 0. The Kier molecular flexibility index (Phi) is 3.84. The van der Waals surface area contributed by atoms with Gasteiger partial charge in [-0.25, -0.2) is 13.1 Å². The first kappa shape index (κ1) is 13.0. The van der Waals surface area contributed by atoms with Crippen molar-refractivity contribution in [2.24, 2.45) is 0 Å². The van der Waals surface area contributed by atoms with E-state index in [-0.39, 0.29) is 10.3 Å². The van der Waals surface area contributed by atoms with Crippen molar-refractivity contribution < 1.29 is 17.9 Å². The van der Waals surface area contributed by atoms with Crippen molar-refractivity contribution in [3.05, 3.63) is 17.0 Å². The highest BCUT2D eigenvalue weighted by atomic mass is 32.2. The van der Waals surface area contributed by atoms with Crippen LogP contribution in [0.25, 0.3) is 0 Å². The summed E-state index contributed by atoms with van der Waals surface area (Å²) in [6.07, 6.45) is -0.556. The average molecular weight is 277 g/mol. The van der Waals surface area contributed by atoms with E-state index in [2.05, 4.69) is 4.72 Å². The largest absolute Gasteiger partial charge is 0.346 e. The number of thiophene rings is 1. The summed E-state index contributed by atoms with van der Waals surface area (Å²) in [7, 11) is -3.48. The zero-order valence-corrected chi connectivity index (χ0v) is 11.3. The summed E-state index contributed by atoms with van der Waals surface area (Å²) in [5.41, 5.74) is 0.584. The fourth-order valence-electron chi connectivity index (χ4n) is 1.60. The molecule has 1 fully saturated rings. The van der Waals surface area contributed by atoms with E-state index in [9.17, 15) is 8.42 Å². The van der Waals surface area contributed by atoms with Gasteiger partial charge in [-0.3, -0.25) is 0 Å². The molecule has 0 aliphatic carbocycles. The predicted molar refractivity (Wildman–Crippen MR) is 64.4 cm³/mol. The van der Waals surface area contributed by atoms with Crippen LogP contribution in [0.1, 0.15) is 25.7 Å². The van der Waals surface area contributed by atoms with Gasteiger partial charge in [-0.2, -0.15) is 0 Å². The van der Waals surface area contributed by atoms with Gasteiger partial charge in [-0.15, -0.1) is 11.3 Å². The van der Waals surface area contributed by atoms with Crippen LogP contribution in [0.2, 0.25) is 0 Å². The Hall–Kier alpha value is -0.470. The Bertz CT molecular complexity index is 474. The molecule has 0 aromatic carbocycles. The minimum Gasteiger partial charge on any atom is -0.346 e. The van der Waals surface area contributed by atoms with Crippen molar-refractivity contribution in [2.45, 2.75) is 30.4 Å². The molecule has 0 atom stereocenters. The molecule has 1 aliphatic rings. The van der Waals surface area contributed by atoms with Crippen LogP contribution in [0.4, 0.5) is 0 Å². The Balaban J connectivity index is 2.29. The van der Waals surface area contributed by atoms with Crippen molar-refractivity contribution >= 4 is 21.4 Å². The molecule has 1 aliphatic heterocycles. The first-order valence-corrected chi connectivity index (χ1v) is 7.70. The van der Waals surface area contributed by atoms with Crippen molar-refractivity contribution in [2.75, 3.05) is 13.2 Å². The van der Waals surface area contributed by atoms with E-state index in [4.69, 9.17) is 9.47 Å². The molecule has 0 radical (unpaired) electrons. The van der Waals surface area contributed by atoms with Gasteiger partial charge in [0.25, 0.3) is 10.0 Å². The highest BCUT2D eigenvalue weighted by molar-refractivity contribution is 7.91. The van der Waals surface area contributed by atoms with E-state index in [1.54, 1.807) is 25.3 Å². The molecule has 0 spiro atoms. The topological polar surface area (TPSA) is 64.6 Å². The fraction of sp³-hybridized carbons (Fsp3) is 0.600. The van der Waals surface area contributed by atoms with Crippen LogP contribution < -0.4 is 4.72 Å². The Morgan fingerprint density at radius 1 is 1.41 bits per heavy atom. The smallest absolute Gasteiger partial charge is 0.250 e. The highest BCUT2D eigenvalue weighted by Gasteiger charge is 2.28. The summed E-state index contributed by atoms with van der Waals surface area (Å²) in [6, 6.07) is 1.59. The molecule has 1 aromatic heterocycles. The van der Waals surface area contributed by atoms with Gasteiger partial charge in [0.2, 0.25) is 0 Å². The van der Waals surface area contributed by atoms with E-state index in [0.717, 1.165) is 0 Å². The maximum atomic E-state index is 12.1. The Morgan fingerprint density at radius 2 is 2.06 bits per heavy atom. The third kappa shape index (κ3) is 2.86. The summed E-state index contributed by atoms with van der Waals surface area (Å²) in [5.74, 6) is 0. The quantitative estimate of drug-likeness (QED) is 0.905. The fourth-order valence-corrected chi connectivity index (χ4v) is 4.26. The minimum atomic E-state index is -3.48. The average Bonchev–Trinajstić information content (AvgIpc) is 2.86. The number of hydrogen-bond acceptors (Lipinski definition) is 5. The van der Waals surface area contributed by atoms with E-state index >= 15 is 0 Å². The summed E-state index contributed by atoms with van der Waals surface area (Å²) in [5, 5.41) is 1.73. The van der Waals surface area contributed by atoms with Gasteiger partial charge in [0, 0.05) is 11.6 Å². The lowest BCUT2D eigenvalue weighted by Crippen LogP contribution is -2.30. The summed E-state index contributed by atoms with van der Waals surface area (Å²) in [6.45, 7) is 4.57. The SMILES string of the molecule is CC(C)NS(=O)(=O)c1sccc1C1OCCO1. The highest BCUT2D eigenvalue weighted by Crippen LogP contribution is 2.32. The number of sulfonamides is 1. The molecule has 7 heteroatoms. The van der Waals surface area contributed by atoms with Crippen molar-refractivity contribution in [1.29, 1.82) is 0 Å². The van der Waals surface area contributed by atoms with Crippen LogP contribution in [-0.2, 0) is 19.5 Å². The molecule has 0 bridgehead atoms. The molecule has 1 aromatic rings. The molecule has 5 nitrogen and oxygen atoms in total. The van der Waals surface area contributed by atoms with Crippen LogP contribution in [0.5, 0.6) is 0 Å². The van der Waals surface area contributed by atoms with Crippen molar-refractivity contribution in [1.82, 2.24) is 4.72 Å². The number of hydrogen-bond donors (Lipinski definition) is 1. The van der Waals surface area contributed by atoms with E-state index in [1.807, 2.05) is 0 Å². The summed E-state index contributed by atoms with van der Waals surface area (Å²) < 4.78 is 37.6.